The molecule has 0 aliphatic carbocycles. The number of nitrogens with zero attached hydrogens (tertiary/aromatic N) is 2. The van der Waals surface area contributed by atoms with Crippen molar-refractivity contribution in [1.29, 1.82) is 0 Å². The van der Waals surface area contributed by atoms with Gasteiger partial charge >= 0.3 is 0 Å². The third kappa shape index (κ3) is 1.98. The van der Waals surface area contributed by atoms with E-state index in [9.17, 15) is 0 Å². The Bertz CT molecular complexity index is 517. The van der Waals surface area contributed by atoms with Crippen LogP contribution in [-0.2, 0) is 4.74 Å². The number of rotatable bonds is 3. The second-order valence-corrected chi connectivity index (χ2v) is 4.08. The SMILES string of the molecule is CCOc1ccc2[nH]c(C3CCCO3)nc2n1. The summed E-state index contributed by atoms with van der Waals surface area (Å²) in [6, 6.07) is 3.79. The number of hydrogen-bond donors (Lipinski definition) is 1. The van der Waals surface area contributed by atoms with Crippen LogP contribution in [0.15, 0.2) is 12.1 Å². The molecule has 3 heterocycles. The van der Waals surface area contributed by atoms with E-state index < -0.39 is 0 Å². The Kier molecular flexibility index (Phi) is 2.68. The number of pyridine rings is 1. The molecule has 1 unspecified atom stereocenters. The van der Waals surface area contributed by atoms with Gasteiger partial charge in [-0.1, -0.05) is 0 Å². The highest BCUT2D eigenvalue weighted by Crippen LogP contribution is 2.27. The van der Waals surface area contributed by atoms with Crippen LogP contribution in [0.25, 0.3) is 11.2 Å². The van der Waals surface area contributed by atoms with Gasteiger partial charge in [0.15, 0.2) is 5.65 Å². The van der Waals surface area contributed by atoms with Crippen molar-refractivity contribution in [1.82, 2.24) is 15.0 Å². The first-order chi connectivity index (χ1) is 8.36. The summed E-state index contributed by atoms with van der Waals surface area (Å²) in [5, 5.41) is 0. The molecule has 17 heavy (non-hydrogen) atoms. The Hall–Kier alpha value is -1.62. The van der Waals surface area contributed by atoms with Gasteiger partial charge in [-0.15, -0.1) is 0 Å². The van der Waals surface area contributed by atoms with E-state index >= 15 is 0 Å². The van der Waals surface area contributed by atoms with E-state index in [2.05, 4.69) is 15.0 Å². The van der Waals surface area contributed by atoms with Crippen molar-refractivity contribution >= 4 is 11.2 Å². The first kappa shape index (κ1) is 10.5. The Labute approximate surface area is 99.2 Å². The molecule has 2 aromatic rings. The van der Waals surface area contributed by atoms with Gasteiger partial charge in [0, 0.05) is 12.7 Å². The van der Waals surface area contributed by atoms with Crippen molar-refractivity contribution in [2.45, 2.75) is 25.9 Å². The Balaban J connectivity index is 1.94. The second kappa shape index (κ2) is 4.33. The first-order valence-corrected chi connectivity index (χ1v) is 5.98. The average Bonchev–Trinajstić information content (AvgIpc) is 2.97. The molecule has 0 spiro atoms. The Morgan fingerprint density at radius 2 is 2.41 bits per heavy atom. The van der Waals surface area contributed by atoms with Crippen LogP contribution in [0.4, 0.5) is 0 Å². The Morgan fingerprint density at radius 3 is 3.18 bits per heavy atom. The Morgan fingerprint density at radius 1 is 1.47 bits per heavy atom. The minimum absolute atomic E-state index is 0.0970. The standard InChI is InChI=1S/C12H15N3O2/c1-2-16-10-6-5-8-11(14-10)15-12(13-8)9-4-3-7-17-9/h5-6,9H,2-4,7H2,1H3,(H,13,14,15). The van der Waals surface area contributed by atoms with Gasteiger partial charge in [0.05, 0.1) is 12.1 Å². The molecule has 0 saturated carbocycles. The maximum atomic E-state index is 5.59. The van der Waals surface area contributed by atoms with Crippen LogP contribution in [0.2, 0.25) is 0 Å². The zero-order valence-corrected chi connectivity index (χ0v) is 9.77. The van der Waals surface area contributed by atoms with Gasteiger partial charge in [0.25, 0.3) is 0 Å². The third-order valence-electron chi connectivity index (χ3n) is 2.87. The van der Waals surface area contributed by atoms with Crippen LogP contribution in [0.5, 0.6) is 5.88 Å². The summed E-state index contributed by atoms with van der Waals surface area (Å²) >= 11 is 0. The summed E-state index contributed by atoms with van der Waals surface area (Å²) in [5.74, 6) is 1.49. The number of fused-ring (bicyclic) bond motifs is 1. The van der Waals surface area contributed by atoms with E-state index in [1.807, 2.05) is 19.1 Å². The van der Waals surface area contributed by atoms with E-state index in [-0.39, 0.29) is 6.10 Å². The summed E-state index contributed by atoms with van der Waals surface area (Å²) in [5.41, 5.74) is 1.63. The van der Waals surface area contributed by atoms with Crippen molar-refractivity contribution in [3.63, 3.8) is 0 Å². The van der Waals surface area contributed by atoms with E-state index in [0.29, 0.717) is 18.1 Å². The minimum Gasteiger partial charge on any atom is -0.478 e. The molecule has 1 aliphatic rings. The molecule has 5 nitrogen and oxygen atoms in total. The molecular weight excluding hydrogens is 218 g/mol. The number of nitrogens with one attached hydrogen (secondary N) is 1. The van der Waals surface area contributed by atoms with Crippen molar-refractivity contribution in [2.75, 3.05) is 13.2 Å². The molecule has 0 radical (unpaired) electrons. The predicted molar refractivity (Wildman–Crippen MR) is 63.0 cm³/mol. The predicted octanol–water partition coefficient (Wildman–Crippen LogP) is 2.21. The summed E-state index contributed by atoms with van der Waals surface area (Å²) < 4.78 is 10.9. The number of aromatic nitrogens is 3. The molecule has 3 rings (SSSR count). The average molecular weight is 233 g/mol. The van der Waals surface area contributed by atoms with Crippen LogP contribution in [-0.4, -0.2) is 28.2 Å². The van der Waals surface area contributed by atoms with Crippen LogP contribution < -0.4 is 4.74 Å². The highest BCUT2D eigenvalue weighted by atomic mass is 16.5. The molecule has 2 aromatic heterocycles. The highest BCUT2D eigenvalue weighted by molar-refractivity contribution is 5.71. The maximum Gasteiger partial charge on any atom is 0.215 e. The normalized spacial score (nSPS) is 19.9. The zero-order valence-electron chi connectivity index (χ0n) is 9.77. The van der Waals surface area contributed by atoms with E-state index in [4.69, 9.17) is 9.47 Å². The van der Waals surface area contributed by atoms with Gasteiger partial charge in [-0.3, -0.25) is 0 Å². The van der Waals surface area contributed by atoms with Crippen molar-refractivity contribution in [3.8, 4) is 5.88 Å². The topological polar surface area (TPSA) is 60.0 Å². The highest BCUT2D eigenvalue weighted by Gasteiger charge is 2.21. The van der Waals surface area contributed by atoms with E-state index in [1.54, 1.807) is 0 Å². The largest absolute Gasteiger partial charge is 0.478 e. The van der Waals surface area contributed by atoms with E-state index in [0.717, 1.165) is 30.8 Å². The van der Waals surface area contributed by atoms with Crippen LogP contribution in [0.1, 0.15) is 31.7 Å². The fourth-order valence-electron chi connectivity index (χ4n) is 2.07. The molecule has 90 valence electrons. The second-order valence-electron chi connectivity index (χ2n) is 4.08. The third-order valence-corrected chi connectivity index (χ3v) is 2.87. The summed E-state index contributed by atoms with van der Waals surface area (Å²) in [7, 11) is 0. The van der Waals surface area contributed by atoms with Gasteiger partial charge in [0.1, 0.15) is 11.9 Å². The van der Waals surface area contributed by atoms with Gasteiger partial charge in [-0.2, -0.15) is 4.98 Å². The molecule has 5 heteroatoms. The molecule has 0 aromatic carbocycles. The van der Waals surface area contributed by atoms with Gasteiger partial charge in [-0.25, -0.2) is 4.98 Å². The maximum absolute atomic E-state index is 5.59. The molecule has 0 bridgehead atoms. The van der Waals surface area contributed by atoms with E-state index in [1.165, 1.54) is 0 Å². The molecule has 1 N–H and O–H groups in total. The fourth-order valence-corrected chi connectivity index (χ4v) is 2.07. The smallest absolute Gasteiger partial charge is 0.215 e. The molecule has 1 saturated heterocycles. The summed E-state index contributed by atoms with van der Waals surface area (Å²) in [6.45, 7) is 3.37. The number of imidazole rings is 1. The summed E-state index contributed by atoms with van der Waals surface area (Å²) in [4.78, 5) is 12.1. The number of hydrogen-bond acceptors (Lipinski definition) is 4. The molecule has 1 fully saturated rings. The quantitative estimate of drug-likeness (QED) is 0.883. The lowest BCUT2D eigenvalue weighted by atomic mass is 10.2. The summed E-state index contributed by atoms with van der Waals surface area (Å²) in [6.07, 6.45) is 2.22. The zero-order chi connectivity index (χ0) is 11.7. The molecule has 0 amide bonds. The van der Waals surface area contributed by atoms with Gasteiger partial charge in [0.2, 0.25) is 5.88 Å². The van der Waals surface area contributed by atoms with Crippen LogP contribution in [0, 0.1) is 0 Å². The molecular formula is C12H15N3O2. The lowest BCUT2D eigenvalue weighted by Crippen LogP contribution is -1.97. The lowest BCUT2D eigenvalue weighted by Gasteiger charge is -2.03. The van der Waals surface area contributed by atoms with Crippen LogP contribution >= 0.6 is 0 Å². The van der Waals surface area contributed by atoms with Crippen molar-refractivity contribution < 1.29 is 9.47 Å². The van der Waals surface area contributed by atoms with Crippen molar-refractivity contribution in [3.05, 3.63) is 18.0 Å². The monoisotopic (exact) mass is 233 g/mol. The van der Waals surface area contributed by atoms with Gasteiger partial charge < -0.3 is 14.5 Å². The minimum atomic E-state index is 0.0970. The number of aromatic amines is 1. The van der Waals surface area contributed by atoms with Crippen molar-refractivity contribution in [2.24, 2.45) is 0 Å². The molecule has 1 aliphatic heterocycles. The molecule has 1 atom stereocenters. The lowest BCUT2D eigenvalue weighted by molar-refractivity contribution is 0.106. The number of H-pyrrole nitrogens is 1. The fraction of sp³-hybridized carbons (Fsp3) is 0.500. The number of ether oxygens (including phenoxy) is 2. The van der Waals surface area contributed by atoms with Crippen LogP contribution in [0.3, 0.4) is 0 Å². The first-order valence-electron chi connectivity index (χ1n) is 5.98. The van der Waals surface area contributed by atoms with Gasteiger partial charge in [-0.05, 0) is 25.8 Å².